The van der Waals surface area contributed by atoms with Crippen molar-refractivity contribution >= 4 is 0 Å². The molecule has 0 aliphatic heterocycles. The molecule has 0 aliphatic carbocycles. The van der Waals surface area contributed by atoms with Gasteiger partial charge in [-0.3, -0.25) is 4.68 Å². The second-order valence-electron chi connectivity index (χ2n) is 2.65. The van der Waals surface area contributed by atoms with Gasteiger partial charge in [0.15, 0.2) is 5.75 Å². The molecule has 0 amide bonds. The Morgan fingerprint density at radius 1 is 1.60 bits per heavy atom. The molecule has 0 bridgehead atoms. The molecule has 1 aromatic heterocycles. The Hall–Kier alpha value is -0.990. The lowest BCUT2D eigenvalue weighted by atomic mass is 10.3. The Kier molecular flexibility index (Phi) is 1.66. The van der Waals surface area contributed by atoms with Crippen LogP contribution in [0.25, 0.3) is 0 Å². The van der Waals surface area contributed by atoms with E-state index in [1.165, 1.54) is 6.20 Å². The molecule has 3 heteroatoms. The average Bonchev–Trinajstić information content (AvgIpc) is 2.14. The third kappa shape index (κ3) is 0.988. The predicted octanol–water partition coefficient (Wildman–Crippen LogP) is 1.48. The summed E-state index contributed by atoms with van der Waals surface area (Å²) < 4.78 is 1.79. The lowest BCUT2D eigenvalue weighted by Crippen LogP contribution is -2.03. The van der Waals surface area contributed by atoms with Gasteiger partial charge >= 0.3 is 0 Å². The molecule has 0 unspecified atom stereocenters. The average molecular weight is 140 g/mol. The summed E-state index contributed by atoms with van der Waals surface area (Å²) in [5, 5.41) is 13.1. The van der Waals surface area contributed by atoms with Gasteiger partial charge in [0.05, 0.1) is 11.9 Å². The molecule has 0 saturated carbocycles. The van der Waals surface area contributed by atoms with Crippen molar-refractivity contribution in [2.45, 2.75) is 26.8 Å². The van der Waals surface area contributed by atoms with E-state index in [4.69, 9.17) is 5.11 Å². The molecule has 10 heavy (non-hydrogen) atoms. The topological polar surface area (TPSA) is 38.1 Å². The minimum atomic E-state index is 0.272. The van der Waals surface area contributed by atoms with Crippen LogP contribution >= 0.6 is 0 Å². The zero-order valence-corrected chi connectivity index (χ0v) is 6.50. The summed E-state index contributed by atoms with van der Waals surface area (Å²) in [6.07, 6.45) is 1.47. The van der Waals surface area contributed by atoms with Crippen LogP contribution < -0.4 is 0 Å². The van der Waals surface area contributed by atoms with Crippen molar-refractivity contribution < 1.29 is 5.11 Å². The first kappa shape index (κ1) is 7.12. The monoisotopic (exact) mass is 140 g/mol. The summed E-state index contributed by atoms with van der Waals surface area (Å²) in [6.45, 7) is 5.90. The van der Waals surface area contributed by atoms with E-state index in [0.717, 1.165) is 5.69 Å². The fourth-order valence-corrected chi connectivity index (χ4v) is 0.935. The highest BCUT2D eigenvalue weighted by Gasteiger charge is 2.05. The highest BCUT2D eigenvalue weighted by Crippen LogP contribution is 2.17. The quantitative estimate of drug-likeness (QED) is 0.641. The van der Waals surface area contributed by atoms with Crippen LogP contribution in [0, 0.1) is 6.92 Å². The lowest BCUT2D eigenvalue weighted by Gasteiger charge is -2.06. The number of aromatic nitrogens is 2. The van der Waals surface area contributed by atoms with E-state index < -0.39 is 0 Å². The molecule has 0 spiro atoms. The molecule has 1 N–H and O–H groups in total. The summed E-state index contributed by atoms with van der Waals surface area (Å²) in [4.78, 5) is 0. The fraction of sp³-hybridized carbons (Fsp3) is 0.571. The molecule has 0 saturated heterocycles. The maximum Gasteiger partial charge on any atom is 0.156 e. The van der Waals surface area contributed by atoms with E-state index in [2.05, 4.69) is 5.10 Å². The van der Waals surface area contributed by atoms with Gasteiger partial charge in [-0.05, 0) is 20.8 Å². The summed E-state index contributed by atoms with van der Waals surface area (Å²) in [6, 6.07) is 0.320. The van der Waals surface area contributed by atoms with E-state index in [1.54, 1.807) is 4.68 Å². The molecule has 56 valence electrons. The predicted molar refractivity (Wildman–Crippen MR) is 39.0 cm³/mol. The third-order valence-electron chi connectivity index (χ3n) is 1.51. The number of nitrogens with zero attached hydrogens (tertiary/aromatic N) is 2. The van der Waals surface area contributed by atoms with Crippen LogP contribution in [0.3, 0.4) is 0 Å². The maximum absolute atomic E-state index is 9.11. The van der Waals surface area contributed by atoms with Crippen molar-refractivity contribution in [1.29, 1.82) is 0 Å². The Morgan fingerprint density at radius 3 is 2.40 bits per heavy atom. The zero-order valence-electron chi connectivity index (χ0n) is 6.50. The van der Waals surface area contributed by atoms with Crippen LogP contribution in [0.15, 0.2) is 6.20 Å². The van der Waals surface area contributed by atoms with Gasteiger partial charge in [0, 0.05) is 6.04 Å². The smallest absolute Gasteiger partial charge is 0.156 e. The van der Waals surface area contributed by atoms with Gasteiger partial charge in [0.2, 0.25) is 0 Å². The van der Waals surface area contributed by atoms with E-state index in [1.807, 2.05) is 20.8 Å². The van der Waals surface area contributed by atoms with Crippen LogP contribution in [-0.2, 0) is 0 Å². The number of aromatic hydroxyl groups is 1. The number of hydrogen-bond donors (Lipinski definition) is 1. The minimum Gasteiger partial charge on any atom is -0.504 e. The zero-order chi connectivity index (χ0) is 7.72. The Labute approximate surface area is 60.3 Å². The van der Waals surface area contributed by atoms with Crippen molar-refractivity contribution in [3.05, 3.63) is 11.9 Å². The van der Waals surface area contributed by atoms with Crippen molar-refractivity contribution in [3.8, 4) is 5.75 Å². The van der Waals surface area contributed by atoms with Gasteiger partial charge in [-0.2, -0.15) is 5.10 Å². The van der Waals surface area contributed by atoms with Crippen molar-refractivity contribution in [1.82, 2.24) is 9.78 Å². The van der Waals surface area contributed by atoms with Crippen LogP contribution in [-0.4, -0.2) is 14.9 Å². The normalized spacial score (nSPS) is 10.8. The first-order valence-electron chi connectivity index (χ1n) is 3.36. The highest BCUT2D eigenvalue weighted by molar-refractivity contribution is 5.21. The second kappa shape index (κ2) is 2.33. The molecule has 0 aromatic carbocycles. The molecule has 0 fully saturated rings. The maximum atomic E-state index is 9.11. The SMILES string of the molecule is Cc1c(O)cnn1C(C)C. The molecular weight excluding hydrogens is 128 g/mol. The van der Waals surface area contributed by atoms with E-state index in [0.29, 0.717) is 6.04 Å². The van der Waals surface area contributed by atoms with Gasteiger partial charge in [-0.25, -0.2) is 0 Å². The van der Waals surface area contributed by atoms with E-state index in [-0.39, 0.29) is 5.75 Å². The number of hydrogen-bond acceptors (Lipinski definition) is 2. The number of rotatable bonds is 1. The van der Waals surface area contributed by atoms with Gasteiger partial charge in [0.25, 0.3) is 0 Å². The minimum absolute atomic E-state index is 0.272. The molecule has 0 aliphatic rings. The van der Waals surface area contributed by atoms with Crippen LogP contribution in [0.1, 0.15) is 25.6 Å². The molecule has 1 heterocycles. The molecule has 1 rings (SSSR count). The fourth-order valence-electron chi connectivity index (χ4n) is 0.935. The molecule has 1 aromatic rings. The Bertz CT molecular complexity index is 228. The van der Waals surface area contributed by atoms with Crippen LogP contribution in [0.2, 0.25) is 0 Å². The lowest BCUT2D eigenvalue weighted by molar-refractivity contribution is 0.461. The van der Waals surface area contributed by atoms with E-state index in [9.17, 15) is 0 Å². The second-order valence-corrected chi connectivity index (χ2v) is 2.65. The highest BCUT2D eigenvalue weighted by atomic mass is 16.3. The summed E-state index contributed by atoms with van der Waals surface area (Å²) in [7, 11) is 0. The summed E-state index contributed by atoms with van der Waals surface area (Å²) in [5.74, 6) is 0.272. The van der Waals surface area contributed by atoms with Crippen molar-refractivity contribution in [2.75, 3.05) is 0 Å². The van der Waals surface area contributed by atoms with Crippen LogP contribution in [0.5, 0.6) is 5.75 Å². The third-order valence-corrected chi connectivity index (χ3v) is 1.51. The van der Waals surface area contributed by atoms with Crippen LogP contribution in [0.4, 0.5) is 0 Å². The van der Waals surface area contributed by atoms with Gasteiger partial charge in [-0.1, -0.05) is 0 Å². The summed E-state index contributed by atoms with van der Waals surface area (Å²) in [5.41, 5.74) is 0.829. The molecular formula is C7H12N2O. The summed E-state index contributed by atoms with van der Waals surface area (Å²) >= 11 is 0. The first-order valence-corrected chi connectivity index (χ1v) is 3.36. The molecule has 3 nitrogen and oxygen atoms in total. The molecule has 0 atom stereocenters. The van der Waals surface area contributed by atoms with E-state index >= 15 is 0 Å². The van der Waals surface area contributed by atoms with Crippen molar-refractivity contribution in [3.63, 3.8) is 0 Å². The van der Waals surface area contributed by atoms with Gasteiger partial charge in [-0.15, -0.1) is 0 Å². The standard InChI is InChI=1S/C7H12N2O/c1-5(2)9-6(3)7(10)4-8-9/h4-5,10H,1-3H3. The Morgan fingerprint density at radius 2 is 2.20 bits per heavy atom. The van der Waals surface area contributed by atoms with Gasteiger partial charge in [0.1, 0.15) is 0 Å². The Balaban J connectivity index is 3.05. The molecule has 0 radical (unpaired) electrons. The van der Waals surface area contributed by atoms with Crippen molar-refractivity contribution in [2.24, 2.45) is 0 Å². The largest absolute Gasteiger partial charge is 0.504 e. The first-order chi connectivity index (χ1) is 4.63. The van der Waals surface area contributed by atoms with Gasteiger partial charge < -0.3 is 5.11 Å².